The molecule has 1 atom stereocenters. The number of carbonyl (C=O) groups excluding carboxylic acids is 1. The summed E-state index contributed by atoms with van der Waals surface area (Å²) in [6.07, 6.45) is -1.10. The van der Waals surface area contributed by atoms with Crippen molar-refractivity contribution in [2.75, 3.05) is 17.4 Å². The first-order chi connectivity index (χ1) is 9.83. The zero-order valence-electron chi connectivity index (χ0n) is 11.7. The molecule has 7 nitrogen and oxygen atoms in total. The summed E-state index contributed by atoms with van der Waals surface area (Å²) in [5.74, 6) is -0.498. The fourth-order valence-electron chi connectivity index (χ4n) is 1.38. The number of methoxy groups -OCH3 is 1. The van der Waals surface area contributed by atoms with Gasteiger partial charge in [0.25, 0.3) is 0 Å². The van der Waals surface area contributed by atoms with Crippen molar-refractivity contribution in [1.82, 2.24) is 8.85 Å². The summed E-state index contributed by atoms with van der Waals surface area (Å²) < 4.78 is 20.2. The van der Waals surface area contributed by atoms with Gasteiger partial charge < -0.3 is 0 Å². The topological polar surface area (TPSA) is 99.7 Å². The van der Waals surface area contributed by atoms with Gasteiger partial charge in [0, 0.05) is 0 Å². The van der Waals surface area contributed by atoms with Crippen molar-refractivity contribution in [2.24, 2.45) is 0 Å². The Bertz CT molecular complexity index is 529. The minimum atomic E-state index is -2.03. The number of alkyl halides is 2. The number of amides is 3. The molecule has 0 heterocycles. The number of anilines is 1. The molecule has 3 amide bonds. The van der Waals surface area contributed by atoms with Gasteiger partial charge in [-0.25, -0.2) is 0 Å². The van der Waals surface area contributed by atoms with E-state index in [1.165, 1.54) is 25.3 Å². The van der Waals surface area contributed by atoms with Crippen LogP contribution < -0.4 is 18.9 Å². The van der Waals surface area contributed by atoms with Crippen LogP contribution in [-0.4, -0.2) is 33.3 Å². The van der Waals surface area contributed by atoms with Crippen LogP contribution in [0.4, 0.5) is 19.7 Å². The van der Waals surface area contributed by atoms with Gasteiger partial charge in [0.15, 0.2) is 0 Å². The molecule has 0 saturated heterocycles. The molecular weight excluding hydrogens is 396 g/mol. The van der Waals surface area contributed by atoms with Crippen LogP contribution in [0.2, 0.25) is 0 Å². The van der Waals surface area contributed by atoms with Gasteiger partial charge in [0.1, 0.15) is 0 Å². The van der Waals surface area contributed by atoms with Gasteiger partial charge in [-0.1, -0.05) is 0 Å². The molecule has 0 spiro atoms. The molecule has 21 heavy (non-hydrogen) atoms. The molecule has 1 rings (SSSR count). The average molecular weight is 413 g/mol. The molecule has 0 aliphatic heterocycles. The van der Waals surface area contributed by atoms with Crippen molar-refractivity contribution < 1.29 is 23.8 Å². The summed E-state index contributed by atoms with van der Waals surface area (Å²) in [5, 5.41) is 13.8. The Morgan fingerprint density at radius 3 is 2.67 bits per heavy atom. The van der Waals surface area contributed by atoms with Crippen LogP contribution in [0.3, 0.4) is 0 Å². The Labute approximate surface area is 129 Å². The SMILES string of the molecule is COc1cc(NC(=O)NC(C)I(C)NC(=O)O)ccc1F. The molecule has 1 aromatic carbocycles. The normalized spacial score (nSPS) is 12.1. The van der Waals surface area contributed by atoms with E-state index in [9.17, 15) is 14.0 Å². The van der Waals surface area contributed by atoms with E-state index in [4.69, 9.17) is 9.84 Å². The summed E-state index contributed by atoms with van der Waals surface area (Å²) >= 11 is -2.03. The van der Waals surface area contributed by atoms with E-state index < -0.39 is 38.0 Å². The Hall–Kier alpha value is -1.78. The van der Waals surface area contributed by atoms with Crippen molar-refractivity contribution in [2.45, 2.75) is 11.0 Å². The van der Waals surface area contributed by atoms with E-state index in [1.807, 2.05) is 0 Å². The molecule has 0 aliphatic rings. The first-order valence-corrected chi connectivity index (χ1v) is 10.3. The second kappa shape index (κ2) is 7.86. The third-order valence-electron chi connectivity index (χ3n) is 2.46. The third kappa shape index (κ3) is 5.61. The van der Waals surface area contributed by atoms with Crippen LogP contribution in [0, 0.1) is 5.82 Å². The molecule has 4 N–H and O–H groups in total. The summed E-state index contributed by atoms with van der Waals surface area (Å²) in [5.41, 5.74) is 0.376. The van der Waals surface area contributed by atoms with Crippen molar-refractivity contribution >= 4 is 37.9 Å². The fraction of sp³-hybridized carbons (Fsp3) is 0.333. The van der Waals surface area contributed by atoms with Crippen LogP contribution >= 0.6 is 20.1 Å². The first kappa shape index (κ1) is 17.3. The van der Waals surface area contributed by atoms with Gasteiger partial charge in [-0.05, 0) is 0 Å². The van der Waals surface area contributed by atoms with Gasteiger partial charge in [0.2, 0.25) is 0 Å². The summed E-state index contributed by atoms with van der Waals surface area (Å²) in [4.78, 5) is 24.1. The van der Waals surface area contributed by atoms with Gasteiger partial charge >= 0.3 is 129 Å². The summed E-state index contributed by atoms with van der Waals surface area (Å²) in [6.45, 7) is 1.73. The van der Waals surface area contributed by atoms with E-state index >= 15 is 0 Å². The second-order valence-corrected chi connectivity index (χ2v) is 9.33. The zero-order valence-corrected chi connectivity index (χ0v) is 13.9. The molecule has 0 radical (unpaired) electrons. The van der Waals surface area contributed by atoms with Gasteiger partial charge in [-0.3, -0.25) is 0 Å². The van der Waals surface area contributed by atoms with E-state index in [-0.39, 0.29) is 9.80 Å². The van der Waals surface area contributed by atoms with Crippen LogP contribution in [-0.2, 0) is 0 Å². The first-order valence-electron chi connectivity index (χ1n) is 5.82. The number of hydrogen-bond donors (Lipinski definition) is 4. The number of hydrogen-bond acceptors (Lipinski definition) is 3. The molecule has 0 saturated carbocycles. The quantitative estimate of drug-likeness (QED) is 0.258. The fourth-order valence-corrected chi connectivity index (χ4v) is 3.32. The van der Waals surface area contributed by atoms with Crippen LogP contribution in [0.25, 0.3) is 0 Å². The summed E-state index contributed by atoms with van der Waals surface area (Å²) in [7, 11) is 1.33. The second-order valence-electron chi connectivity index (χ2n) is 3.98. The van der Waals surface area contributed by atoms with Crippen molar-refractivity contribution in [1.29, 1.82) is 0 Å². The minimum absolute atomic E-state index is 0.0253. The molecule has 0 bridgehead atoms. The van der Waals surface area contributed by atoms with E-state index in [0.717, 1.165) is 0 Å². The number of benzene rings is 1. The third-order valence-corrected chi connectivity index (χ3v) is 6.89. The molecule has 9 heteroatoms. The number of carbonyl (C=O) groups is 2. The van der Waals surface area contributed by atoms with Crippen molar-refractivity contribution in [3.63, 3.8) is 0 Å². The monoisotopic (exact) mass is 413 g/mol. The number of nitrogens with one attached hydrogen (secondary N) is 3. The Morgan fingerprint density at radius 2 is 2.10 bits per heavy atom. The number of carboxylic acid groups (broad SMARTS) is 1. The van der Waals surface area contributed by atoms with E-state index in [2.05, 4.69) is 14.2 Å². The van der Waals surface area contributed by atoms with Crippen LogP contribution in [0.15, 0.2) is 18.2 Å². The molecule has 0 aromatic heterocycles. The van der Waals surface area contributed by atoms with Crippen molar-refractivity contribution in [3.05, 3.63) is 24.0 Å². The maximum absolute atomic E-state index is 13.2. The molecule has 1 aromatic rings. The maximum atomic E-state index is 13.2. The number of rotatable bonds is 5. The van der Waals surface area contributed by atoms with Crippen molar-refractivity contribution in [3.8, 4) is 5.75 Å². The standard InChI is InChI=1S/C12H17FIN3O4/c1-7(14(2)17-12(19)20)15-11(18)16-8-4-5-9(13)10(6-8)21-3/h4-7,17H,1-3H3,(H,19,20)(H2,15,16,18). The number of halogens is 2. The number of urea groups is 1. The molecule has 0 fully saturated rings. The molecule has 1 unspecified atom stereocenters. The van der Waals surface area contributed by atoms with E-state index in [0.29, 0.717) is 5.69 Å². The van der Waals surface area contributed by atoms with E-state index in [1.54, 1.807) is 11.9 Å². The Kier molecular flexibility index (Phi) is 6.46. The van der Waals surface area contributed by atoms with Gasteiger partial charge in [-0.2, -0.15) is 0 Å². The predicted octanol–water partition coefficient (Wildman–Crippen LogP) is 2.62. The number of ether oxygens (including phenoxy) is 1. The van der Waals surface area contributed by atoms with Crippen LogP contribution in [0.5, 0.6) is 5.75 Å². The Balaban J connectivity index is 2.59. The van der Waals surface area contributed by atoms with Gasteiger partial charge in [0.05, 0.1) is 0 Å². The Morgan fingerprint density at radius 1 is 1.43 bits per heavy atom. The average Bonchev–Trinajstić information content (AvgIpc) is 2.39. The molecule has 0 aliphatic carbocycles. The summed E-state index contributed by atoms with van der Waals surface area (Å²) in [6, 6.07) is 3.45. The zero-order chi connectivity index (χ0) is 16.0. The van der Waals surface area contributed by atoms with Gasteiger partial charge in [-0.15, -0.1) is 0 Å². The predicted molar refractivity (Wildman–Crippen MR) is 85.7 cm³/mol. The van der Waals surface area contributed by atoms with Crippen LogP contribution in [0.1, 0.15) is 6.92 Å². The molecular formula is C12H17FIN3O4. The molecule has 118 valence electrons.